The summed E-state index contributed by atoms with van der Waals surface area (Å²) in [5.41, 5.74) is 0.821. The molecule has 0 atom stereocenters. The number of benzene rings is 2. The van der Waals surface area contributed by atoms with Crippen LogP contribution in [-0.2, 0) is 6.54 Å². The minimum Gasteiger partial charge on any atom is -0.477 e. The van der Waals surface area contributed by atoms with Gasteiger partial charge in [-0.2, -0.15) is 0 Å². The fraction of sp³-hybridized carbons (Fsp3) is 0.111. The van der Waals surface area contributed by atoms with E-state index < -0.39 is 11.4 Å². The second-order valence-corrected chi connectivity index (χ2v) is 6.57. The molecule has 3 aromatic rings. The SMILES string of the molecule is O=C(O)c1cn(Cc2ccc3c(c2)OCO3)c2ccc(Br)cc2c1=O. The van der Waals surface area contributed by atoms with Crippen molar-refractivity contribution in [2.45, 2.75) is 6.54 Å². The lowest BCUT2D eigenvalue weighted by Crippen LogP contribution is -2.19. The van der Waals surface area contributed by atoms with Crippen LogP contribution in [0.2, 0.25) is 0 Å². The minimum absolute atomic E-state index is 0.191. The van der Waals surface area contributed by atoms with E-state index in [2.05, 4.69) is 15.9 Å². The number of carboxylic acids is 1. The summed E-state index contributed by atoms with van der Waals surface area (Å²) in [6.07, 6.45) is 1.38. The first kappa shape index (κ1) is 15.7. The van der Waals surface area contributed by atoms with Crippen LogP contribution in [-0.4, -0.2) is 22.4 Å². The van der Waals surface area contributed by atoms with Crippen molar-refractivity contribution >= 4 is 32.8 Å². The van der Waals surface area contributed by atoms with E-state index in [1.165, 1.54) is 6.20 Å². The molecule has 0 unspecified atom stereocenters. The van der Waals surface area contributed by atoms with Crippen molar-refractivity contribution in [3.63, 3.8) is 0 Å². The monoisotopic (exact) mass is 401 g/mol. The zero-order valence-corrected chi connectivity index (χ0v) is 14.4. The lowest BCUT2D eigenvalue weighted by Gasteiger charge is -2.13. The highest BCUT2D eigenvalue weighted by atomic mass is 79.9. The zero-order chi connectivity index (χ0) is 17.6. The van der Waals surface area contributed by atoms with E-state index in [1.807, 2.05) is 24.3 Å². The first-order chi connectivity index (χ1) is 12.0. The van der Waals surface area contributed by atoms with Crippen molar-refractivity contribution in [2.24, 2.45) is 0 Å². The van der Waals surface area contributed by atoms with E-state index in [-0.39, 0.29) is 12.4 Å². The predicted molar refractivity (Wildman–Crippen MR) is 94.5 cm³/mol. The summed E-state index contributed by atoms with van der Waals surface area (Å²) in [5.74, 6) is 0.0963. The van der Waals surface area contributed by atoms with Gasteiger partial charge in [0.15, 0.2) is 11.5 Å². The highest BCUT2D eigenvalue weighted by Gasteiger charge is 2.17. The van der Waals surface area contributed by atoms with E-state index in [9.17, 15) is 14.7 Å². The standard InChI is InChI=1S/C18H12BrNO5/c19-11-2-3-14-12(6-11)17(21)13(18(22)23)8-20(14)7-10-1-4-15-16(5-10)25-9-24-15/h1-6,8H,7,9H2,(H,22,23). The Hall–Kier alpha value is -2.80. The number of rotatable bonds is 3. The maximum atomic E-state index is 12.4. The van der Waals surface area contributed by atoms with Crippen molar-refractivity contribution < 1.29 is 19.4 Å². The number of hydrogen-bond acceptors (Lipinski definition) is 4. The highest BCUT2D eigenvalue weighted by Crippen LogP contribution is 2.33. The molecule has 1 aromatic heterocycles. The van der Waals surface area contributed by atoms with E-state index in [1.54, 1.807) is 16.7 Å². The van der Waals surface area contributed by atoms with Crippen LogP contribution >= 0.6 is 15.9 Å². The van der Waals surface area contributed by atoms with Crippen LogP contribution < -0.4 is 14.9 Å². The van der Waals surface area contributed by atoms with Crippen LogP contribution in [0.5, 0.6) is 11.5 Å². The van der Waals surface area contributed by atoms with Crippen LogP contribution in [0.3, 0.4) is 0 Å². The molecule has 0 saturated heterocycles. The molecule has 2 heterocycles. The molecule has 0 saturated carbocycles. The van der Waals surface area contributed by atoms with Gasteiger partial charge in [0, 0.05) is 22.6 Å². The van der Waals surface area contributed by atoms with Gasteiger partial charge in [0.2, 0.25) is 12.2 Å². The Balaban J connectivity index is 1.87. The van der Waals surface area contributed by atoms with Crippen molar-refractivity contribution in [1.82, 2.24) is 4.57 Å². The molecule has 0 amide bonds. The number of carbonyl (C=O) groups is 1. The lowest BCUT2D eigenvalue weighted by atomic mass is 10.1. The van der Waals surface area contributed by atoms with E-state index in [0.717, 1.165) is 5.56 Å². The maximum absolute atomic E-state index is 12.4. The highest BCUT2D eigenvalue weighted by molar-refractivity contribution is 9.10. The molecule has 1 aliphatic heterocycles. The Morgan fingerprint density at radius 2 is 1.96 bits per heavy atom. The van der Waals surface area contributed by atoms with Gasteiger partial charge in [0.05, 0.1) is 5.52 Å². The average molecular weight is 402 g/mol. The summed E-state index contributed by atoms with van der Waals surface area (Å²) in [7, 11) is 0. The summed E-state index contributed by atoms with van der Waals surface area (Å²) < 4.78 is 13.2. The zero-order valence-electron chi connectivity index (χ0n) is 12.9. The van der Waals surface area contributed by atoms with Crippen molar-refractivity contribution in [3.8, 4) is 11.5 Å². The fourth-order valence-electron chi connectivity index (χ4n) is 2.89. The van der Waals surface area contributed by atoms with Crippen molar-refractivity contribution in [1.29, 1.82) is 0 Å². The van der Waals surface area contributed by atoms with Gasteiger partial charge in [-0.05, 0) is 35.9 Å². The van der Waals surface area contributed by atoms with Crippen molar-refractivity contribution in [2.75, 3.05) is 6.79 Å². The number of aromatic carboxylic acids is 1. The molecule has 0 spiro atoms. The van der Waals surface area contributed by atoms with Gasteiger partial charge in [-0.1, -0.05) is 22.0 Å². The summed E-state index contributed by atoms with van der Waals surface area (Å²) in [5, 5.41) is 9.71. The lowest BCUT2D eigenvalue weighted by molar-refractivity contribution is 0.0695. The third kappa shape index (κ3) is 2.76. The maximum Gasteiger partial charge on any atom is 0.341 e. The van der Waals surface area contributed by atoms with Gasteiger partial charge < -0.3 is 19.1 Å². The van der Waals surface area contributed by atoms with E-state index >= 15 is 0 Å². The Kier molecular flexibility index (Phi) is 3.73. The number of fused-ring (bicyclic) bond motifs is 2. The molecular formula is C18H12BrNO5. The number of aromatic nitrogens is 1. The molecule has 4 rings (SSSR count). The summed E-state index contributed by atoms with van der Waals surface area (Å²) in [4.78, 5) is 23.9. The van der Waals surface area contributed by atoms with Crippen LogP contribution in [0.4, 0.5) is 0 Å². The van der Waals surface area contributed by atoms with Crippen LogP contribution in [0, 0.1) is 0 Å². The Bertz CT molecular complexity index is 1070. The number of carboxylic acid groups (broad SMARTS) is 1. The summed E-state index contributed by atoms with van der Waals surface area (Å²) in [6.45, 7) is 0.590. The van der Waals surface area contributed by atoms with Crippen LogP contribution in [0.15, 0.2) is 51.9 Å². The van der Waals surface area contributed by atoms with Gasteiger partial charge in [0.25, 0.3) is 0 Å². The molecule has 25 heavy (non-hydrogen) atoms. The molecule has 6 nitrogen and oxygen atoms in total. The van der Waals surface area contributed by atoms with Gasteiger partial charge in [-0.15, -0.1) is 0 Å². The van der Waals surface area contributed by atoms with Crippen LogP contribution in [0.1, 0.15) is 15.9 Å². The van der Waals surface area contributed by atoms with Gasteiger partial charge in [-0.25, -0.2) is 4.79 Å². The average Bonchev–Trinajstić information content (AvgIpc) is 3.05. The summed E-state index contributed by atoms with van der Waals surface area (Å²) >= 11 is 3.33. The fourth-order valence-corrected chi connectivity index (χ4v) is 3.25. The van der Waals surface area contributed by atoms with E-state index in [4.69, 9.17) is 9.47 Å². The van der Waals surface area contributed by atoms with Crippen LogP contribution in [0.25, 0.3) is 10.9 Å². The third-order valence-electron chi connectivity index (χ3n) is 4.06. The quantitative estimate of drug-likeness (QED) is 0.728. The first-order valence-electron chi connectivity index (χ1n) is 7.47. The molecule has 1 aliphatic rings. The molecule has 0 fully saturated rings. The van der Waals surface area contributed by atoms with E-state index in [0.29, 0.717) is 33.4 Å². The van der Waals surface area contributed by atoms with Gasteiger partial charge >= 0.3 is 5.97 Å². The third-order valence-corrected chi connectivity index (χ3v) is 4.56. The molecule has 0 bridgehead atoms. The summed E-state index contributed by atoms with van der Waals surface area (Å²) in [6, 6.07) is 10.8. The largest absolute Gasteiger partial charge is 0.477 e. The minimum atomic E-state index is -1.24. The second-order valence-electron chi connectivity index (χ2n) is 5.65. The normalized spacial score (nSPS) is 12.5. The number of ether oxygens (including phenoxy) is 2. The Labute approximate surface area is 150 Å². The molecule has 0 radical (unpaired) electrons. The molecule has 0 aliphatic carbocycles. The van der Waals surface area contributed by atoms with Gasteiger partial charge in [0.1, 0.15) is 5.56 Å². The number of nitrogens with zero attached hydrogens (tertiary/aromatic N) is 1. The molecule has 126 valence electrons. The molecular weight excluding hydrogens is 390 g/mol. The molecule has 7 heteroatoms. The predicted octanol–water partition coefficient (Wildman–Crippen LogP) is 3.24. The Morgan fingerprint density at radius 1 is 1.16 bits per heavy atom. The second kappa shape index (κ2) is 5.93. The topological polar surface area (TPSA) is 77.8 Å². The first-order valence-corrected chi connectivity index (χ1v) is 8.27. The Morgan fingerprint density at radius 3 is 2.76 bits per heavy atom. The number of halogens is 1. The molecule has 1 N–H and O–H groups in total. The number of pyridine rings is 1. The molecule has 2 aromatic carbocycles. The van der Waals surface area contributed by atoms with Gasteiger partial charge in [-0.3, -0.25) is 4.79 Å². The van der Waals surface area contributed by atoms with Crippen molar-refractivity contribution in [3.05, 3.63) is 68.4 Å². The number of hydrogen-bond donors (Lipinski definition) is 1. The smallest absolute Gasteiger partial charge is 0.341 e.